The molecular formula is C12H25NO2S. The minimum absolute atomic E-state index is 0.0509. The smallest absolute Gasteiger partial charge is 0.154 e. The summed E-state index contributed by atoms with van der Waals surface area (Å²) in [5.74, 6) is 0.328. The molecule has 0 spiro atoms. The van der Waals surface area contributed by atoms with E-state index in [0.29, 0.717) is 5.75 Å². The highest BCUT2D eigenvalue weighted by atomic mass is 32.2. The van der Waals surface area contributed by atoms with E-state index in [-0.39, 0.29) is 11.3 Å². The van der Waals surface area contributed by atoms with Crippen molar-refractivity contribution in [2.45, 2.75) is 63.7 Å². The third kappa shape index (κ3) is 4.06. The first-order valence-corrected chi connectivity index (χ1v) is 8.26. The quantitative estimate of drug-likeness (QED) is 0.749. The zero-order valence-electron chi connectivity index (χ0n) is 10.5. The Hall–Kier alpha value is -0.0900. The maximum atomic E-state index is 12.1. The highest BCUT2D eigenvalue weighted by Crippen LogP contribution is 2.25. The van der Waals surface area contributed by atoms with E-state index >= 15 is 0 Å². The molecule has 1 saturated carbocycles. The molecule has 1 unspecified atom stereocenters. The summed E-state index contributed by atoms with van der Waals surface area (Å²) in [5, 5.41) is 3.27. The Kier molecular flexibility index (Phi) is 5.76. The first-order chi connectivity index (χ1) is 7.60. The van der Waals surface area contributed by atoms with Crippen molar-refractivity contribution < 1.29 is 8.42 Å². The summed E-state index contributed by atoms with van der Waals surface area (Å²) in [6.07, 6.45) is 5.89. The lowest BCUT2D eigenvalue weighted by atomic mass is 10.2. The van der Waals surface area contributed by atoms with Crippen molar-refractivity contribution in [3.05, 3.63) is 0 Å². The van der Waals surface area contributed by atoms with E-state index in [9.17, 15) is 8.42 Å². The molecule has 0 aromatic rings. The maximum absolute atomic E-state index is 12.1. The van der Waals surface area contributed by atoms with Crippen LogP contribution >= 0.6 is 0 Å². The Morgan fingerprint density at radius 2 is 1.88 bits per heavy atom. The summed E-state index contributed by atoms with van der Waals surface area (Å²) >= 11 is 0. The lowest BCUT2D eigenvalue weighted by Gasteiger charge is -2.19. The Morgan fingerprint density at radius 1 is 1.25 bits per heavy atom. The SMILES string of the molecule is CCCNC(CC)CS(=O)(=O)C1CCCC1. The Morgan fingerprint density at radius 3 is 2.38 bits per heavy atom. The first-order valence-electron chi connectivity index (χ1n) is 6.55. The molecule has 1 N–H and O–H groups in total. The van der Waals surface area contributed by atoms with E-state index in [1.165, 1.54) is 0 Å². The predicted octanol–water partition coefficient (Wildman–Crippen LogP) is 2.12. The zero-order valence-corrected chi connectivity index (χ0v) is 11.4. The van der Waals surface area contributed by atoms with Gasteiger partial charge < -0.3 is 5.32 Å². The van der Waals surface area contributed by atoms with E-state index in [2.05, 4.69) is 19.2 Å². The number of nitrogens with one attached hydrogen (secondary N) is 1. The lowest BCUT2D eigenvalue weighted by Crippen LogP contribution is -2.38. The minimum Gasteiger partial charge on any atom is -0.313 e. The van der Waals surface area contributed by atoms with Gasteiger partial charge in [-0.2, -0.15) is 0 Å². The van der Waals surface area contributed by atoms with E-state index in [1.807, 2.05) is 0 Å². The standard InChI is InChI=1S/C12H25NO2S/c1-3-9-13-11(4-2)10-16(14,15)12-7-5-6-8-12/h11-13H,3-10H2,1-2H3. The third-order valence-corrected chi connectivity index (χ3v) is 5.77. The van der Waals surface area contributed by atoms with E-state index in [0.717, 1.165) is 45.1 Å². The molecule has 1 rings (SSSR count). The van der Waals surface area contributed by atoms with Crippen molar-refractivity contribution in [1.82, 2.24) is 5.32 Å². The summed E-state index contributed by atoms with van der Waals surface area (Å²) in [7, 11) is -2.86. The molecule has 0 saturated heterocycles. The van der Waals surface area contributed by atoms with Crippen LogP contribution < -0.4 is 5.32 Å². The van der Waals surface area contributed by atoms with Crippen LogP contribution in [0.5, 0.6) is 0 Å². The molecule has 0 heterocycles. The van der Waals surface area contributed by atoms with Gasteiger partial charge in [-0.15, -0.1) is 0 Å². The van der Waals surface area contributed by atoms with Crippen LogP contribution in [0.15, 0.2) is 0 Å². The van der Waals surface area contributed by atoms with Gasteiger partial charge in [0.2, 0.25) is 0 Å². The van der Waals surface area contributed by atoms with Crippen LogP contribution in [0.3, 0.4) is 0 Å². The molecule has 16 heavy (non-hydrogen) atoms. The zero-order chi connectivity index (χ0) is 12.0. The molecule has 0 aliphatic heterocycles. The molecule has 1 fully saturated rings. The fourth-order valence-electron chi connectivity index (χ4n) is 2.33. The van der Waals surface area contributed by atoms with Crippen molar-refractivity contribution in [3.8, 4) is 0 Å². The highest BCUT2D eigenvalue weighted by molar-refractivity contribution is 7.92. The highest BCUT2D eigenvalue weighted by Gasteiger charge is 2.30. The molecule has 0 radical (unpaired) electrons. The molecule has 0 aromatic carbocycles. The van der Waals surface area contributed by atoms with Crippen LogP contribution in [0, 0.1) is 0 Å². The van der Waals surface area contributed by atoms with Gasteiger partial charge in [-0.25, -0.2) is 8.42 Å². The monoisotopic (exact) mass is 247 g/mol. The van der Waals surface area contributed by atoms with Crippen molar-refractivity contribution in [3.63, 3.8) is 0 Å². The van der Waals surface area contributed by atoms with Gasteiger partial charge in [0.1, 0.15) is 0 Å². The van der Waals surface area contributed by atoms with Gasteiger partial charge in [-0.3, -0.25) is 0 Å². The van der Waals surface area contributed by atoms with Gasteiger partial charge in [-0.05, 0) is 32.2 Å². The fourth-order valence-corrected chi connectivity index (χ4v) is 4.57. The number of sulfone groups is 1. The molecular weight excluding hydrogens is 222 g/mol. The van der Waals surface area contributed by atoms with Crippen molar-refractivity contribution >= 4 is 9.84 Å². The van der Waals surface area contributed by atoms with Crippen molar-refractivity contribution in [2.24, 2.45) is 0 Å². The van der Waals surface area contributed by atoms with Crippen LogP contribution in [0.25, 0.3) is 0 Å². The van der Waals surface area contributed by atoms with Crippen molar-refractivity contribution in [1.29, 1.82) is 0 Å². The molecule has 1 aliphatic rings. The van der Waals surface area contributed by atoms with Crippen LogP contribution in [-0.4, -0.2) is 32.0 Å². The lowest BCUT2D eigenvalue weighted by molar-refractivity contribution is 0.514. The normalized spacial score (nSPS) is 20.1. The van der Waals surface area contributed by atoms with Crippen LogP contribution in [-0.2, 0) is 9.84 Å². The second kappa shape index (κ2) is 6.60. The van der Waals surface area contributed by atoms with E-state index in [4.69, 9.17) is 0 Å². The van der Waals surface area contributed by atoms with Gasteiger partial charge in [0.25, 0.3) is 0 Å². The summed E-state index contributed by atoms with van der Waals surface area (Å²) < 4.78 is 24.3. The summed E-state index contributed by atoms with van der Waals surface area (Å²) in [4.78, 5) is 0. The Balaban J connectivity index is 2.48. The Labute approximate surface area is 99.9 Å². The maximum Gasteiger partial charge on any atom is 0.154 e. The van der Waals surface area contributed by atoms with Crippen LogP contribution in [0.2, 0.25) is 0 Å². The van der Waals surface area contributed by atoms with Crippen LogP contribution in [0.4, 0.5) is 0 Å². The first kappa shape index (κ1) is 14.0. The summed E-state index contributed by atoms with van der Waals surface area (Å²) in [6, 6.07) is 0.144. The number of rotatable bonds is 7. The topological polar surface area (TPSA) is 46.2 Å². The second-order valence-corrected chi connectivity index (χ2v) is 7.12. The predicted molar refractivity (Wildman–Crippen MR) is 68.4 cm³/mol. The molecule has 4 heteroatoms. The van der Waals surface area contributed by atoms with E-state index in [1.54, 1.807) is 0 Å². The Bertz CT molecular complexity index is 281. The van der Waals surface area contributed by atoms with Gasteiger partial charge in [-0.1, -0.05) is 26.7 Å². The number of hydrogen-bond donors (Lipinski definition) is 1. The molecule has 0 amide bonds. The molecule has 1 atom stereocenters. The van der Waals surface area contributed by atoms with Gasteiger partial charge in [0.05, 0.1) is 11.0 Å². The molecule has 3 nitrogen and oxygen atoms in total. The van der Waals surface area contributed by atoms with Gasteiger partial charge in [0.15, 0.2) is 9.84 Å². The van der Waals surface area contributed by atoms with E-state index < -0.39 is 9.84 Å². The molecule has 1 aliphatic carbocycles. The molecule has 0 bridgehead atoms. The average Bonchev–Trinajstić information content (AvgIpc) is 2.78. The minimum atomic E-state index is -2.86. The van der Waals surface area contributed by atoms with Gasteiger partial charge >= 0.3 is 0 Å². The average molecular weight is 247 g/mol. The van der Waals surface area contributed by atoms with Gasteiger partial charge in [0, 0.05) is 6.04 Å². The molecule has 96 valence electrons. The van der Waals surface area contributed by atoms with Crippen molar-refractivity contribution in [2.75, 3.05) is 12.3 Å². The fraction of sp³-hybridized carbons (Fsp3) is 1.00. The van der Waals surface area contributed by atoms with Crippen LogP contribution in [0.1, 0.15) is 52.4 Å². The molecule has 0 aromatic heterocycles. The second-order valence-electron chi connectivity index (χ2n) is 4.80. The largest absolute Gasteiger partial charge is 0.313 e. The summed E-state index contributed by atoms with van der Waals surface area (Å²) in [6.45, 7) is 5.07. The summed E-state index contributed by atoms with van der Waals surface area (Å²) in [5.41, 5.74) is 0. The third-order valence-electron chi connectivity index (χ3n) is 3.42. The number of hydrogen-bond acceptors (Lipinski definition) is 3.